The molecule has 4 aromatic rings. The van der Waals surface area contributed by atoms with E-state index in [1.807, 2.05) is 11.3 Å². The molecule has 0 atom stereocenters. The van der Waals surface area contributed by atoms with Gasteiger partial charge in [-0.1, -0.05) is 48.5 Å². The highest BCUT2D eigenvalue weighted by molar-refractivity contribution is 7.26. The van der Waals surface area contributed by atoms with Crippen molar-refractivity contribution in [2.75, 3.05) is 0 Å². The molecule has 0 unspecified atom stereocenters. The summed E-state index contributed by atoms with van der Waals surface area (Å²) in [4.78, 5) is 0. The standard InChI is InChI=1S/C20H15NS/c1-2-7-19-17(4-1)18-6-3-5-16(20(18)22-19)13-8-9-14-11-21-12-15(14)10-13/h1-10,21H,11-12H2. The highest BCUT2D eigenvalue weighted by atomic mass is 32.1. The Balaban J connectivity index is 1.81. The number of thiophene rings is 1. The van der Waals surface area contributed by atoms with Crippen LogP contribution in [0.5, 0.6) is 0 Å². The molecular formula is C20H15NS. The average Bonchev–Trinajstić information content (AvgIpc) is 3.18. The SMILES string of the molecule is c1ccc2c(c1)sc1c(-c3ccc4c(c3)CNC4)cccc12. The molecule has 0 saturated carbocycles. The predicted octanol–water partition coefficient (Wildman–Crippen LogP) is 5.32. The molecule has 1 aromatic heterocycles. The maximum Gasteiger partial charge on any atom is 0.0433 e. The summed E-state index contributed by atoms with van der Waals surface area (Å²) >= 11 is 1.90. The largest absolute Gasteiger partial charge is 0.309 e. The lowest BCUT2D eigenvalue weighted by Crippen LogP contribution is -1.99. The Morgan fingerprint density at radius 2 is 1.64 bits per heavy atom. The Morgan fingerprint density at radius 3 is 2.64 bits per heavy atom. The first-order valence-corrected chi connectivity index (χ1v) is 8.45. The molecule has 2 heterocycles. The molecule has 5 rings (SSSR count). The lowest BCUT2D eigenvalue weighted by molar-refractivity contribution is 0.765. The van der Waals surface area contributed by atoms with Gasteiger partial charge in [-0.05, 0) is 34.4 Å². The Hall–Kier alpha value is -2.16. The first-order valence-electron chi connectivity index (χ1n) is 7.63. The van der Waals surface area contributed by atoms with Gasteiger partial charge in [0.15, 0.2) is 0 Å². The summed E-state index contributed by atoms with van der Waals surface area (Å²) < 4.78 is 2.77. The van der Waals surface area contributed by atoms with Gasteiger partial charge in [-0.3, -0.25) is 0 Å². The van der Waals surface area contributed by atoms with Crippen LogP contribution in [-0.2, 0) is 13.1 Å². The molecule has 22 heavy (non-hydrogen) atoms. The smallest absolute Gasteiger partial charge is 0.0433 e. The summed E-state index contributed by atoms with van der Waals surface area (Å²) in [7, 11) is 0. The van der Waals surface area contributed by atoms with Crippen molar-refractivity contribution in [1.82, 2.24) is 5.32 Å². The number of rotatable bonds is 1. The van der Waals surface area contributed by atoms with Crippen molar-refractivity contribution in [3.8, 4) is 11.1 Å². The second-order valence-electron chi connectivity index (χ2n) is 5.87. The van der Waals surface area contributed by atoms with E-state index in [2.05, 4.69) is 66.0 Å². The van der Waals surface area contributed by atoms with Gasteiger partial charge in [0.2, 0.25) is 0 Å². The summed E-state index contributed by atoms with van der Waals surface area (Å²) in [6.45, 7) is 1.99. The Kier molecular flexibility index (Phi) is 2.63. The van der Waals surface area contributed by atoms with E-state index in [1.54, 1.807) is 0 Å². The minimum atomic E-state index is 0.992. The van der Waals surface area contributed by atoms with Crippen molar-refractivity contribution in [3.63, 3.8) is 0 Å². The fourth-order valence-electron chi connectivity index (χ4n) is 3.44. The zero-order chi connectivity index (χ0) is 14.5. The maximum atomic E-state index is 3.43. The van der Waals surface area contributed by atoms with Crippen LogP contribution >= 0.6 is 11.3 Å². The molecule has 0 spiro atoms. The molecule has 0 aliphatic carbocycles. The lowest BCUT2D eigenvalue weighted by Gasteiger charge is -2.06. The van der Waals surface area contributed by atoms with Gasteiger partial charge < -0.3 is 5.32 Å². The summed E-state index contributed by atoms with van der Waals surface area (Å²) in [6.07, 6.45) is 0. The van der Waals surface area contributed by atoms with Gasteiger partial charge in [-0.15, -0.1) is 11.3 Å². The van der Waals surface area contributed by atoms with E-state index >= 15 is 0 Å². The van der Waals surface area contributed by atoms with Crippen molar-refractivity contribution in [1.29, 1.82) is 0 Å². The molecule has 1 nitrogen and oxygen atoms in total. The van der Waals surface area contributed by atoms with E-state index in [9.17, 15) is 0 Å². The molecule has 0 fully saturated rings. The van der Waals surface area contributed by atoms with Crippen molar-refractivity contribution in [2.45, 2.75) is 13.1 Å². The normalized spacial score (nSPS) is 13.8. The van der Waals surface area contributed by atoms with Crippen molar-refractivity contribution < 1.29 is 0 Å². The quantitative estimate of drug-likeness (QED) is 0.501. The van der Waals surface area contributed by atoms with Crippen LogP contribution in [0.3, 0.4) is 0 Å². The maximum absolute atomic E-state index is 3.43. The van der Waals surface area contributed by atoms with Crippen LogP contribution in [0, 0.1) is 0 Å². The van der Waals surface area contributed by atoms with E-state index in [-0.39, 0.29) is 0 Å². The van der Waals surface area contributed by atoms with E-state index in [0.29, 0.717) is 0 Å². The number of hydrogen-bond acceptors (Lipinski definition) is 2. The zero-order valence-corrected chi connectivity index (χ0v) is 12.9. The summed E-state index contributed by atoms with van der Waals surface area (Å²) in [5.74, 6) is 0. The van der Waals surface area contributed by atoms with Crippen LogP contribution in [0.25, 0.3) is 31.3 Å². The molecular weight excluding hydrogens is 286 g/mol. The van der Waals surface area contributed by atoms with Crippen LogP contribution in [0.2, 0.25) is 0 Å². The van der Waals surface area contributed by atoms with E-state index < -0.39 is 0 Å². The Bertz CT molecular complexity index is 1010. The third-order valence-electron chi connectivity index (χ3n) is 4.55. The molecule has 0 radical (unpaired) electrons. The average molecular weight is 301 g/mol. The number of nitrogens with one attached hydrogen (secondary N) is 1. The molecule has 106 valence electrons. The summed E-state index contributed by atoms with van der Waals surface area (Å²) in [6, 6.07) is 22.3. The fraction of sp³-hybridized carbons (Fsp3) is 0.100. The third kappa shape index (κ3) is 1.75. The molecule has 3 aromatic carbocycles. The number of hydrogen-bond donors (Lipinski definition) is 1. The molecule has 1 N–H and O–H groups in total. The van der Waals surface area contributed by atoms with Gasteiger partial charge >= 0.3 is 0 Å². The van der Waals surface area contributed by atoms with Crippen LogP contribution in [0.1, 0.15) is 11.1 Å². The van der Waals surface area contributed by atoms with Crippen LogP contribution in [-0.4, -0.2) is 0 Å². The number of benzene rings is 3. The Morgan fingerprint density at radius 1 is 0.773 bits per heavy atom. The van der Waals surface area contributed by atoms with Crippen LogP contribution in [0.4, 0.5) is 0 Å². The summed E-state index contributed by atoms with van der Waals surface area (Å²) in [5, 5.41) is 6.17. The van der Waals surface area contributed by atoms with Crippen molar-refractivity contribution in [2.24, 2.45) is 0 Å². The minimum Gasteiger partial charge on any atom is -0.309 e. The second-order valence-corrected chi connectivity index (χ2v) is 6.92. The van der Waals surface area contributed by atoms with Crippen molar-refractivity contribution >= 4 is 31.5 Å². The van der Waals surface area contributed by atoms with Gasteiger partial charge in [0.25, 0.3) is 0 Å². The van der Waals surface area contributed by atoms with E-state index in [4.69, 9.17) is 0 Å². The molecule has 1 aliphatic rings. The van der Waals surface area contributed by atoms with E-state index in [0.717, 1.165) is 13.1 Å². The molecule has 0 amide bonds. The van der Waals surface area contributed by atoms with Gasteiger partial charge in [0.05, 0.1) is 0 Å². The van der Waals surface area contributed by atoms with Gasteiger partial charge in [-0.2, -0.15) is 0 Å². The van der Waals surface area contributed by atoms with Crippen LogP contribution < -0.4 is 5.32 Å². The van der Waals surface area contributed by atoms with Gasteiger partial charge in [-0.25, -0.2) is 0 Å². The topological polar surface area (TPSA) is 12.0 Å². The third-order valence-corrected chi connectivity index (χ3v) is 5.77. The monoisotopic (exact) mass is 301 g/mol. The summed E-state index contributed by atoms with van der Waals surface area (Å²) in [5.41, 5.74) is 5.57. The molecule has 0 saturated heterocycles. The van der Waals surface area contributed by atoms with Gasteiger partial charge in [0, 0.05) is 33.3 Å². The fourth-order valence-corrected chi connectivity index (χ4v) is 4.68. The van der Waals surface area contributed by atoms with E-state index in [1.165, 1.54) is 42.4 Å². The Labute approximate surface area is 133 Å². The molecule has 2 heteroatoms. The molecule has 1 aliphatic heterocycles. The molecule has 0 bridgehead atoms. The highest BCUT2D eigenvalue weighted by Crippen LogP contribution is 2.40. The predicted molar refractivity (Wildman–Crippen MR) is 95.3 cm³/mol. The second kappa shape index (κ2) is 4.67. The van der Waals surface area contributed by atoms with Crippen LogP contribution in [0.15, 0.2) is 60.7 Å². The minimum absolute atomic E-state index is 0.992. The number of fused-ring (bicyclic) bond motifs is 4. The first-order chi connectivity index (χ1) is 10.9. The first kappa shape index (κ1) is 12.4. The van der Waals surface area contributed by atoms with Crippen molar-refractivity contribution in [3.05, 3.63) is 71.8 Å². The zero-order valence-electron chi connectivity index (χ0n) is 12.1. The lowest BCUT2D eigenvalue weighted by atomic mass is 9.99. The van der Waals surface area contributed by atoms with Gasteiger partial charge in [0.1, 0.15) is 0 Å². The highest BCUT2D eigenvalue weighted by Gasteiger charge is 2.13.